The van der Waals surface area contributed by atoms with Crippen molar-refractivity contribution in [2.75, 3.05) is 0 Å². The molecule has 0 saturated heterocycles. The maximum absolute atomic E-state index is 4.34. The van der Waals surface area contributed by atoms with E-state index in [1.165, 1.54) is 0 Å². The van der Waals surface area contributed by atoms with Crippen molar-refractivity contribution in [3.05, 3.63) is 0 Å². The maximum Gasteiger partial charge on any atom is 0 e. The fourth-order valence-electron chi connectivity index (χ4n) is 0. The molecule has 0 fully saturated rings. The van der Waals surface area contributed by atoms with Crippen molar-refractivity contribution in [1.82, 2.24) is 0 Å². The molecule has 0 aromatic rings. The Bertz CT molecular complexity index is 27.0. The van der Waals surface area contributed by atoms with Crippen molar-refractivity contribution in [2.45, 2.75) is 0 Å². The van der Waals surface area contributed by atoms with E-state index in [1.807, 2.05) is 0 Å². The van der Waals surface area contributed by atoms with Crippen LogP contribution in [0.5, 0.6) is 0 Å². The number of hydrogen-bond donors (Lipinski definition) is 0. The predicted octanol–water partition coefficient (Wildman–Crippen LogP) is 1.29. The van der Waals surface area contributed by atoms with Crippen LogP contribution in [0.1, 0.15) is 0 Å². The van der Waals surface area contributed by atoms with E-state index >= 15 is 0 Å². The van der Waals surface area contributed by atoms with E-state index in [9.17, 15) is 0 Å². The van der Waals surface area contributed by atoms with Crippen LogP contribution < -0.4 is 0 Å². The first-order valence-electron chi connectivity index (χ1n) is 0.333. The van der Waals surface area contributed by atoms with Gasteiger partial charge in [-0.2, -0.15) is 0 Å². The van der Waals surface area contributed by atoms with Gasteiger partial charge in [0.25, 0.3) is 0 Å². The molecule has 0 N–H and O–H groups in total. The van der Waals surface area contributed by atoms with Crippen LogP contribution in [-0.4, -0.2) is 0 Å². The Labute approximate surface area is 52.7 Å². The number of rotatable bonds is 0. The van der Waals surface area contributed by atoms with E-state index in [2.05, 4.69) is 19.6 Å². The summed E-state index contributed by atoms with van der Waals surface area (Å²) < 4.78 is 0. The molecular formula is MoS2V. The Morgan fingerprint density at radius 2 is 1.25 bits per heavy atom. The van der Waals surface area contributed by atoms with Gasteiger partial charge in [-0.15, -0.1) is 0 Å². The summed E-state index contributed by atoms with van der Waals surface area (Å²) in [6, 6.07) is 0. The van der Waals surface area contributed by atoms with Crippen LogP contribution in [0.25, 0.3) is 0 Å². The molecule has 0 aliphatic rings. The van der Waals surface area contributed by atoms with Gasteiger partial charge in [0.15, 0.2) is 0 Å². The van der Waals surface area contributed by atoms with Gasteiger partial charge in [0, 0.05) is 18.6 Å². The molecule has 0 aliphatic carbocycles. The third kappa shape index (κ3) is 9.31. The molecule has 4 heteroatoms. The molecule has 0 saturated carbocycles. The molecule has 0 spiro atoms. The SMILES string of the molecule is [S]=[Mo]=[S].[V]. The van der Waals surface area contributed by atoms with Gasteiger partial charge in [-0.05, 0) is 0 Å². The minimum Gasteiger partial charge on any atom is 0 e. The Kier molecular flexibility index (Phi) is 20.3. The minimum absolute atomic E-state index is 0. The fourth-order valence-corrected chi connectivity index (χ4v) is 0. The molecular weight excluding hydrogens is 211 g/mol. The zero-order valence-electron chi connectivity index (χ0n) is 1.67. The molecule has 0 unspecified atom stereocenters. The molecule has 0 aromatic heterocycles. The smallest absolute Gasteiger partial charge is 0 e. The summed E-state index contributed by atoms with van der Waals surface area (Å²) in [6.07, 6.45) is 0. The summed E-state index contributed by atoms with van der Waals surface area (Å²) in [5, 5.41) is 0. The monoisotopic (exact) mass is 213 g/mol. The van der Waals surface area contributed by atoms with E-state index in [1.54, 1.807) is 0 Å². The Balaban J connectivity index is 0. The standard InChI is InChI=1S/Mo.2S.V. The van der Waals surface area contributed by atoms with Crippen LogP contribution in [0.2, 0.25) is 0 Å². The largest absolute Gasteiger partial charge is 0 e. The van der Waals surface area contributed by atoms with E-state index in [-0.39, 0.29) is 33.5 Å². The summed E-state index contributed by atoms with van der Waals surface area (Å²) >= 11 is -0.363. The van der Waals surface area contributed by atoms with Gasteiger partial charge < -0.3 is 0 Å². The third-order valence-corrected chi connectivity index (χ3v) is 0. The zero-order valence-corrected chi connectivity index (χ0v) is 6.71. The molecule has 23 valence electrons. The van der Waals surface area contributed by atoms with Crippen molar-refractivity contribution >= 4 is 19.6 Å². The van der Waals surface area contributed by atoms with Gasteiger partial charge in [-0.25, -0.2) is 0 Å². The van der Waals surface area contributed by atoms with Gasteiger partial charge >= 0.3 is 34.6 Å². The summed E-state index contributed by atoms with van der Waals surface area (Å²) in [6.45, 7) is 0. The van der Waals surface area contributed by atoms with Crippen LogP contribution >= 0.6 is 19.6 Å². The van der Waals surface area contributed by atoms with Crippen LogP contribution in [0.3, 0.4) is 0 Å². The predicted molar refractivity (Wildman–Crippen MR) is 15.2 cm³/mol. The Hall–Kier alpha value is 1.71. The molecule has 0 heterocycles. The second-order valence-corrected chi connectivity index (χ2v) is 3.62. The van der Waals surface area contributed by atoms with Gasteiger partial charge in [0.05, 0.1) is 0 Å². The van der Waals surface area contributed by atoms with E-state index in [4.69, 9.17) is 0 Å². The molecule has 1 radical (unpaired) electrons. The zero-order chi connectivity index (χ0) is 2.71. The second kappa shape index (κ2) is 8.83. The topological polar surface area (TPSA) is 0 Å². The average molecular weight is 211 g/mol. The molecule has 0 bridgehead atoms. The molecule has 0 aromatic carbocycles. The normalized spacial score (nSPS) is 3.00. The fraction of sp³-hybridized carbons (Fsp3) is 0. The first-order chi connectivity index (χ1) is 1.41. The summed E-state index contributed by atoms with van der Waals surface area (Å²) in [5.74, 6) is 0. The van der Waals surface area contributed by atoms with Crippen LogP contribution in [0.15, 0.2) is 0 Å². The van der Waals surface area contributed by atoms with Gasteiger partial charge in [0.1, 0.15) is 0 Å². The average Bonchev–Trinajstić information content (AvgIpc) is 0.918. The Morgan fingerprint density at radius 1 is 1.25 bits per heavy atom. The maximum atomic E-state index is 4.34. The van der Waals surface area contributed by atoms with E-state index < -0.39 is 0 Å². The van der Waals surface area contributed by atoms with Crippen LogP contribution in [0.4, 0.5) is 0 Å². The van der Waals surface area contributed by atoms with Crippen molar-refractivity contribution in [2.24, 2.45) is 0 Å². The molecule has 0 amide bonds. The van der Waals surface area contributed by atoms with Gasteiger partial charge in [0.2, 0.25) is 0 Å². The van der Waals surface area contributed by atoms with Crippen molar-refractivity contribution in [3.63, 3.8) is 0 Å². The minimum atomic E-state index is -0.363. The molecule has 0 atom stereocenters. The van der Waals surface area contributed by atoms with Crippen LogP contribution in [0, 0.1) is 0 Å². The van der Waals surface area contributed by atoms with Gasteiger partial charge in [-0.3, -0.25) is 0 Å². The Morgan fingerprint density at radius 3 is 1.25 bits per heavy atom. The first-order valence-corrected chi connectivity index (χ1v) is 5.92. The third-order valence-electron chi connectivity index (χ3n) is 0. The van der Waals surface area contributed by atoms with E-state index in [0.717, 1.165) is 0 Å². The van der Waals surface area contributed by atoms with Crippen molar-refractivity contribution in [3.8, 4) is 0 Å². The summed E-state index contributed by atoms with van der Waals surface area (Å²) in [5.41, 5.74) is 0. The molecule has 4 heavy (non-hydrogen) atoms. The van der Waals surface area contributed by atoms with Crippen LogP contribution in [-0.2, 0) is 33.5 Å². The summed E-state index contributed by atoms with van der Waals surface area (Å²) in [4.78, 5) is 0. The quantitative estimate of drug-likeness (QED) is 0.553. The number of hydrogen-bond acceptors (Lipinski definition) is 2. The molecule has 0 nitrogen and oxygen atoms in total. The van der Waals surface area contributed by atoms with Crippen molar-refractivity contribution in [1.29, 1.82) is 0 Å². The van der Waals surface area contributed by atoms with Gasteiger partial charge in [-0.1, -0.05) is 0 Å². The van der Waals surface area contributed by atoms with E-state index in [0.29, 0.717) is 0 Å². The molecule has 0 rings (SSSR count). The second-order valence-electron chi connectivity index (χ2n) is 0.0680. The van der Waals surface area contributed by atoms with Crippen molar-refractivity contribution < 1.29 is 33.5 Å². The summed E-state index contributed by atoms with van der Waals surface area (Å²) in [7, 11) is 8.68. The molecule has 0 aliphatic heterocycles. The first kappa shape index (κ1) is 9.20.